The number of nitrogens with zero attached hydrogens (tertiary/aromatic N) is 1. The van der Waals surface area contributed by atoms with Gasteiger partial charge in [-0.2, -0.15) is 0 Å². The van der Waals surface area contributed by atoms with Crippen LogP contribution in [0.5, 0.6) is 17.2 Å². The molecule has 0 aliphatic carbocycles. The first-order valence-electron chi connectivity index (χ1n) is 10.8. The van der Waals surface area contributed by atoms with E-state index in [1.54, 1.807) is 26.4 Å². The van der Waals surface area contributed by atoms with E-state index in [1.807, 2.05) is 6.07 Å². The first-order chi connectivity index (χ1) is 15.5. The van der Waals surface area contributed by atoms with Gasteiger partial charge in [-0.25, -0.2) is 0 Å². The maximum absolute atomic E-state index is 12.6. The molecule has 3 rings (SSSR count). The number of hydrogen-bond donors (Lipinski definition) is 2. The fraction of sp³-hybridized carbons (Fsp3) is 0.458. The Labute approximate surface area is 203 Å². The highest BCUT2D eigenvalue weighted by atomic mass is 127. The second kappa shape index (κ2) is 12.3. The maximum Gasteiger partial charge on any atom is 0.255 e. The summed E-state index contributed by atoms with van der Waals surface area (Å²) in [5, 5.41) is 12.0. The molecule has 0 fully saturated rings. The number of methoxy groups -OCH3 is 2. The summed E-state index contributed by atoms with van der Waals surface area (Å²) in [6, 6.07) is 9.62. The normalized spacial score (nSPS) is 13.4. The zero-order valence-electron chi connectivity index (χ0n) is 18.7. The van der Waals surface area contributed by atoms with Crippen LogP contribution in [0.3, 0.4) is 0 Å². The van der Waals surface area contributed by atoms with Gasteiger partial charge in [-0.05, 0) is 89.9 Å². The molecule has 32 heavy (non-hydrogen) atoms. The van der Waals surface area contributed by atoms with E-state index >= 15 is 0 Å². The van der Waals surface area contributed by atoms with Crippen LogP contribution in [0.25, 0.3) is 0 Å². The average molecular weight is 554 g/mol. The van der Waals surface area contributed by atoms with Crippen LogP contribution in [-0.2, 0) is 13.0 Å². The fourth-order valence-electron chi connectivity index (χ4n) is 3.85. The summed E-state index contributed by atoms with van der Waals surface area (Å²) in [5.74, 6) is 1.91. The number of rotatable bonds is 11. The molecule has 7 nitrogen and oxygen atoms in total. The number of halogens is 1. The number of ether oxygens (including phenoxy) is 3. The molecule has 0 atom stereocenters. The van der Waals surface area contributed by atoms with Gasteiger partial charge in [0.15, 0.2) is 11.5 Å². The van der Waals surface area contributed by atoms with Gasteiger partial charge in [0.1, 0.15) is 12.4 Å². The molecule has 8 heteroatoms. The highest BCUT2D eigenvalue weighted by Crippen LogP contribution is 2.33. The summed E-state index contributed by atoms with van der Waals surface area (Å²) in [6.07, 6.45) is 2.90. The molecule has 1 aliphatic rings. The third-order valence-electron chi connectivity index (χ3n) is 5.52. The number of nitrogens with one attached hydrogen (secondary N) is 1. The largest absolute Gasteiger partial charge is 0.493 e. The number of hydrogen-bond acceptors (Lipinski definition) is 6. The van der Waals surface area contributed by atoms with Gasteiger partial charge in [0.25, 0.3) is 5.91 Å². The number of unbranched alkanes of at least 4 members (excludes halogenated alkanes) is 1. The van der Waals surface area contributed by atoms with Gasteiger partial charge in [-0.15, -0.1) is 0 Å². The first kappa shape index (κ1) is 24.6. The van der Waals surface area contributed by atoms with Gasteiger partial charge in [0.2, 0.25) is 0 Å². The van der Waals surface area contributed by atoms with Gasteiger partial charge in [0, 0.05) is 23.2 Å². The van der Waals surface area contributed by atoms with E-state index in [9.17, 15) is 4.79 Å². The van der Waals surface area contributed by atoms with Crippen molar-refractivity contribution in [2.45, 2.75) is 25.8 Å². The Bertz CT molecular complexity index is 922. The van der Waals surface area contributed by atoms with Crippen molar-refractivity contribution in [1.82, 2.24) is 10.2 Å². The molecule has 2 aromatic carbocycles. The van der Waals surface area contributed by atoms with Crippen LogP contribution in [0.2, 0.25) is 0 Å². The van der Waals surface area contributed by atoms with Crippen LogP contribution in [-0.4, -0.2) is 63.0 Å². The summed E-state index contributed by atoms with van der Waals surface area (Å²) < 4.78 is 17.3. The molecule has 0 aromatic heterocycles. The van der Waals surface area contributed by atoms with E-state index in [0.717, 1.165) is 54.0 Å². The standard InChI is InChI=1S/C24H31IN2O5/c1-30-22-13-17-7-10-27(16-18(17)14-23(22)31-2)9-4-3-8-26-24(29)20-15-19(25)5-6-21(20)32-12-11-28/h5-6,13-15,28H,3-4,7-12,16H2,1-2H3,(H,26,29). The minimum absolute atomic E-state index is 0.0889. The molecule has 174 valence electrons. The molecule has 0 bridgehead atoms. The molecule has 1 amide bonds. The molecule has 0 spiro atoms. The number of carbonyl (C=O) groups excluding carboxylic acids is 1. The van der Waals surface area contributed by atoms with E-state index in [0.29, 0.717) is 17.9 Å². The molecule has 0 saturated heterocycles. The Morgan fingerprint density at radius 3 is 2.56 bits per heavy atom. The third-order valence-corrected chi connectivity index (χ3v) is 6.19. The topological polar surface area (TPSA) is 80.3 Å². The van der Waals surface area contributed by atoms with Crippen molar-refractivity contribution in [3.8, 4) is 17.2 Å². The summed E-state index contributed by atoms with van der Waals surface area (Å²) in [5.41, 5.74) is 3.11. The van der Waals surface area contributed by atoms with Gasteiger partial charge in [-0.3, -0.25) is 9.69 Å². The van der Waals surface area contributed by atoms with Crippen molar-refractivity contribution in [3.63, 3.8) is 0 Å². The number of aliphatic hydroxyl groups excluding tert-OH is 1. The molecular weight excluding hydrogens is 523 g/mol. The van der Waals surface area contributed by atoms with Crippen LogP contribution < -0.4 is 19.5 Å². The molecule has 0 saturated carbocycles. The zero-order valence-corrected chi connectivity index (χ0v) is 20.8. The first-order valence-corrected chi connectivity index (χ1v) is 11.9. The number of fused-ring (bicyclic) bond motifs is 1. The van der Waals surface area contributed by atoms with E-state index in [4.69, 9.17) is 19.3 Å². The Kier molecular flexibility index (Phi) is 9.43. The third kappa shape index (κ3) is 6.49. The number of amides is 1. The second-order valence-corrected chi connectivity index (χ2v) is 8.92. The van der Waals surface area contributed by atoms with Crippen LogP contribution in [0.15, 0.2) is 30.3 Å². The zero-order chi connectivity index (χ0) is 22.9. The lowest BCUT2D eigenvalue weighted by Crippen LogP contribution is -2.32. The van der Waals surface area contributed by atoms with Crippen LogP contribution in [0.1, 0.15) is 34.3 Å². The Balaban J connectivity index is 1.45. The van der Waals surface area contributed by atoms with Crippen molar-refractivity contribution in [3.05, 3.63) is 50.6 Å². The molecule has 0 radical (unpaired) electrons. The predicted molar refractivity (Wildman–Crippen MR) is 132 cm³/mol. The van der Waals surface area contributed by atoms with Crippen molar-refractivity contribution in [1.29, 1.82) is 0 Å². The highest BCUT2D eigenvalue weighted by Gasteiger charge is 2.19. The minimum Gasteiger partial charge on any atom is -0.493 e. The van der Waals surface area contributed by atoms with E-state index in [2.05, 4.69) is 44.9 Å². The molecular formula is C24H31IN2O5. The Morgan fingerprint density at radius 1 is 1.09 bits per heavy atom. The van der Waals surface area contributed by atoms with Crippen LogP contribution >= 0.6 is 22.6 Å². The smallest absolute Gasteiger partial charge is 0.255 e. The predicted octanol–water partition coefficient (Wildman–Crippen LogP) is 3.25. The Morgan fingerprint density at radius 2 is 1.84 bits per heavy atom. The molecule has 2 N–H and O–H groups in total. The maximum atomic E-state index is 12.6. The van der Waals surface area contributed by atoms with Crippen molar-refractivity contribution >= 4 is 28.5 Å². The SMILES string of the molecule is COc1cc2c(cc1OC)CN(CCCCNC(=O)c1cc(I)ccc1OCCO)CC2. The summed E-state index contributed by atoms with van der Waals surface area (Å²) in [4.78, 5) is 15.0. The van der Waals surface area contributed by atoms with Gasteiger partial charge >= 0.3 is 0 Å². The monoisotopic (exact) mass is 554 g/mol. The van der Waals surface area contributed by atoms with E-state index in [1.165, 1.54) is 11.1 Å². The second-order valence-electron chi connectivity index (χ2n) is 7.68. The molecule has 2 aromatic rings. The van der Waals surface area contributed by atoms with E-state index < -0.39 is 0 Å². The lowest BCUT2D eigenvalue weighted by atomic mass is 9.98. The summed E-state index contributed by atoms with van der Waals surface area (Å²) >= 11 is 2.17. The molecule has 1 heterocycles. The summed E-state index contributed by atoms with van der Waals surface area (Å²) in [7, 11) is 3.33. The summed E-state index contributed by atoms with van der Waals surface area (Å²) in [6.45, 7) is 3.59. The quantitative estimate of drug-likeness (QED) is 0.328. The lowest BCUT2D eigenvalue weighted by molar-refractivity contribution is 0.0946. The van der Waals surface area contributed by atoms with Crippen LogP contribution in [0, 0.1) is 3.57 Å². The van der Waals surface area contributed by atoms with Gasteiger partial charge in [-0.1, -0.05) is 0 Å². The number of aliphatic hydroxyl groups is 1. The lowest BCUT2D eigenvalue weighted by Gasteiger charge is -2.29. The van der Waals surface area contributed by atoms with Crippen molar-refractivity contribution in [2.75, 3.05) is 47.1 Å². The van der Waals surface area contributed by atoms with Gasteiger partial charge < -0.3 is 24.6 Å². The van der Waals surface area contributed by atoms with Crippen molar-refractivity contribution < 1.29 is 24.1 Å². The van der Waals surface area contributed by atoms with E-state index in [-0.39, 0.29) is 19.1 Å². The average Bonchev–Trinajstić information content (AvgIpc) is 2.81. The highest BCUT2D eigenvalue weighted by molar-refractivity contribution is 14.1. The minimum atomic E-state index is -0.149. The number of carbonyl (C=O) groups is 1. The van der Waals surface area contributed by atoms with Gasteiger partial charge in [0.05, 0.1) is 26.4 Å². The molecule has 0 unspecified atom stereocenters. The molecule has 1 aliphatic heterocycles. The Hall–Kier alpha value is -2.04. The van der Waals surface area contributed by atoms with Crippen molar-refractivity contribution in [2.24, 2.45) is 0 Å². The fourth-order valence-corrected chi connectivity index (χ4v) is 4.34. The van der Waals surface area contributed by atoms with Crippen LogP contribution in [0.4, 0.5) is 0 Å². The number of benzene rings is 2.